The van der Waals surface area contributed by atoms with Gasteiger partial charge in [0.15, 0.2) is 5.78 Å². The normalized spacial score (nSPS) is 15.8. The van der Waals surface area contributed by atoms with Crippen LogP contribution >= 0.6 is 24.0 Å². The standard InChI is InChI=1S/C19H22N4O3S2/c1-3-23(4-2)19(27)28-11-17(25)22-18-20-10-13-14(21-18)8-12(9-15(13)24)16-6-5-7-26-16/h5-7,10,12H,3-4,8-9,11H2,1-2H3,(H,20,21,22,25)/t12-/m1/s1. The van der Waals surface area contributed by atoms with E-state index in [2.05, 4.69) is 15.3 Å². The third-order valence-corrected chi connectivity index (χ3v) is 6.11. The van der Waals surface area contributed by atoms with Crippen molar-refractivity contribution in [2.24, 2.45) is 0 Å². The first-order valence-corrected chi connectivity index (χ1v) is 10.5. The third kappa shape index (κ3) is 4.77. The Hall–Kier alpha value is -2.26. The van der Waals surface area contributed by atoms with Crippen molar-refractivity contribution in [1.29, 1.82) is 0 Å². The van der Waals surface area contributed by atoms with Gasteiger partial charge >= 0.3 is 0 Å². The Morgan fingerprint density at radius 2 is 2.18 bits per heavy atom. The number of thiocarbonyl (C=S) groups is 1. The van der Waals surface area contributed by atoms with E-state index in [1.54, 1.807) is 12.3 Å². The molecule has 2 heterocycles. The second-order valence-electron chi connectivity index (χ2n) is 6.37. The van der Waals surface area contributed by atoms with Crippen LogP contribution in [0, 0.1) is 0 Å². The molecule has 0 saturated carbocycles. The van der Waals surface area contributed by atoms with Gasteiger partial charge in [-0.3, -0.25) is 14.9 Å². The van der Waals surface area contributed by atoms with Crippen LogP contribution in [0.5, 0.6) is 0 Å². The van der Waals surface area contributed by atoms with Crippen LogP contribution in [0.25, 0.3) is 0 Å². The van der Waals surface area contributed by atoms with E-state index < -0.39 is 0 Å². The van der Waals surface area contributed by atoms with E-state index in [0.717, 1.165) is 18.8 Å². The van der Waals surface area contributed by atoms with Gasteiger partial charge in [0.2, 0.25) is 11.9 Å². The Balaban J connectivity index is 1.63. The molecule has 1 N–H and O–H groups in total. The van der Waals surface area contributed by atoms with Crippen LogP contribution in [0.4, 0.5) is 5.95 Å². The SMILES string of the molecule is CCN(CC)C(=S)SCC(=O)Nc1ncc2c(n1)C[C@@H](c1ccco1)CC2=O. The van der Waals surface area contributed by atoms with Crippen LogP contribution in [0.15, 0.2) is 29.0 Å². The predicted octanol–water partition coefficient (Wildman–Crippen LogP) is 3.28. The number of ketones is 1. The van der Waals surface area contributed by atoms with Crippen molar-refractivity contribution in [2.75, 3.05) is 24.2 Å². The van der Waals surface area contributed by atoms with E-state index in [0.29, 0.717) is 28.4 Å². The van der Waals surface area contributed by atoms with E-state index in [1.807, 2.05) is 24.8 Å². The van der Waals surface area contributed by atoms with Crippen LogP contribution in [0.1, 0.15) is 48.0 Å². The number of aromatic nitrogens is 2. The maximum atomic E-state index is 12.4. The highest BCUT2D eigenvalue weighted by Gasteiger charge is 2.29. The predicted molar refractivity (Wildman–Crippen MR) is 113 cm³/mol. The number of hydrogen-bond acceptors (Lipinski definition) is 7. The molecule has 0 radical (unpaired) electrons. The van der Waals surface area contributed by atoms with E-state index in [4.69, 9.17) is 16.6 Å². The minimum Gasteiger partial charge on any atom is -0.469 e. The third-order valence-electron chi connectivity index (χ3n) is 4.58. The Labute approximate surface area is 173 Å². The van der Waals surface area contributed by atoms with E-state index in [9.17, 15) is 9.59 Å². The van der Waals surface area contributed by atoms with Gasteiger partial charge < -0.3 is 9.32 Å². The molecule has 0 saturated heterocycles. The van der Waals surface area contributed by atoms with Gasteiger partial charge in [-0.25, -0.2) is 9.97 Å². The number of anilines is 1. The number of fused-ring (bicyclic) bond motifs is 1. The zero-order chi connectivity index (χ0) is 20.1. The molecule has 3 rings (SSSR count). The van der Waals surface area contributed by atoms with E-state index in [-0.39, 0.29) is 29.3 Å². The van der Waals surface area contributed by atoms with Gasteiger partial charge in [-0.15, -0.1) is 0 Å². The highest BCUT2D eigenvalue weighted by atomic mass is 32.2. The second-order valence-corrected chi connectivity index (χ2v) is 7.98. The van der Waals surface area contributed by atoms with E-state index in [1.165, 1.54) is 18.0 Å². The lowest BCUT2D eigenvalue weighted by Crippen LogP contribution is -2.28. The first-order chi connectivity index (χ1) is 13.5. The van der Waals surface area contributed by atoms with Crippen molar-refractivity contribution >= 4 is 45.9 Å². The lowest BCUT2D eigenvalue weighted by molar-refractivity contribution is -0.113. The lowest BCUT2D eigenvalue weighted by atomic mass is 9.85. The summed E-state index contributed by atoms with van der Waals surface area (Å²) < 4.78 is 6.13. The molecule has 0 fully saturated rings. The number of carbonyl (C=O) groups excluding carboxylic acids is 2. The monoisotopic (exact) mass is 418 g/mol. The minimum atomic E-state index is -0.232. The number of nitrogens with one attached hydrogen (secondary N) is 1. The smallest absolute Gasteiger partial charge is 0.237 e. The Morgan fingerprint density at radius 1 is 1.39 bits per heavy atom. The summed E-state index contributed by atoms with van der Waals surface area (Å²) in [5, 5.41) is 2.69. The minimum absolute atomic E-state index is 0.0133. The van der Waals surface area contributed by atoms with Crippen molar-refractivity contribution in [1.82, 2.24) is 14.9 Å². The molecule has 2 aromatic rings. The molecule has 148 valence electrons. The fraction of sp³-hybridized carbons (Fsp3) is 0.421. The number of amides is 1. The number of nitrogens with zero attached hydrogens (tertiary/aromatic N) is 3. The Morgan fingerprint density at radius 3 is 2.86 bits per heavy atom. The van der Waals surface area contributed by atoms with Crippen molar-refractivity contribution in [3.8, 4) is 0 Å². The maximum absolute atomic E-state index is 12.4. The molecule has 0 spiro atoms. The fourth-order valence-corrected chi connectivity index (χ4v) is 4.29. The van der Waals surface area contributed by atoms with Gasteiger partial charge in [0.05, 0.1) is 23.3 Å². The van der Waals surface area contributed by atoms with Gasteiger partial charge in [-0.2, -0.15) is 0 Å². The van der Waals surface area contributed by atoms with E-state index >= 15 is 0 Å². The van der Waals surface area contributed by atoms with Crippen LogP contribution in [-0.4, -0.2) is 49.7 Å². The largest absolute Gasteiger partial charge is 0.469 e. The highest BCUT2D eigenvalue weighted by molar-refractivity contribution is 8.23. The zero-order valence-corrected chi connectivity index (χ0v) is 17.4. The second kappa shape index (κ2) is 9.29. The van der Waals surface area contributed by atoms with Gasteiger partial charge in [0, 0.05) is 38.0 Å². The quantitative estimate of drug-likeness (QED) is 0.715. The summed E-state index contributed by atoms with van der Waals surface area (Å²) in [6.45, 7) is 5.66. The van der Waals surface area contributed by atoms with Crippen LogP contribution in [-0.2, 0) is 11.2 Å². The highest BCUT2D eigenvalue weighted by Crippen LogP contribution is 2.32. The number of thioether (sulfide) groups is 1. The van der Waals surface area contributed by atoms with Gasteiger partial charge in [-0.05, 0) is 26.0 Å². The van der Waals surface area contributed by atoms with Gasteiger partial charge in [0.1, 0.15) is 10.1 Å². The number of rotatable bonds is 6. The molecule has 2 aromatic heterocycles. The number of Topliss-reactive ketones (excluding diaryl/α,β-unsaturated/α-hetero) is 1. The molecule has 0 aromatic carbocycles. The van der Waals surface area contributed by atoms with Crippen molar-refractivity contribution in [3.05, 3.63) is 41.6 Å². The molecular weight excluding hydrogens is 396 g/mol. The topological polar surface area (TPSA) is 88.3 Å². The van der Waals surface area contributed by atoms with Gasteiger partial charge in [0.25, 0.3) is 0 Å². The van der Waals surface area contributed by atoms with Crippen LogP contribution in [0.2, 0.25) is 0 Å². The lowest BCUT2D eigenvalue weighted by Gasteiger charge is -2.21. The average molecular weight is 419 g/mol. The maximum Gasteiger partial charge on any atom is 0.237 e. The average Bonchev–Trinajstić information content (AvgIpc) is 3.22. The van der Waals surface area contributed by atoms with Crippen molar-refractivity contribution < 1.29 is 14.0 Å². The van der Waals surface area contributed by atoms with Crippen molar-refractivity contribution in [3.63, 3.8) is 0 Å². The molecule has 9 heteroatoms. The summed E-state index contributed by atoms with van der Waals surface area (Å²) in [6.07, 6.45) is 4.03. The molecule has 1 aliphatic rings. The zero-order valence-electron chi connectivity index (χ0n) is 15.8. The van der Waals surface area contributed by atoms with Gasteiger partial charge in [-0.1, -0.05) is 24.0 Å². The molecule has 1 aliphatic carbocycles. The summed E-state index contributed by atoms with van der Waals surface area (Å²) in [5.41, 5.74) is 1.15. The molecule has 0 bridgehead atoms. The molecule has 1 atom stereocenters. The molecule has 0 aliphatic heterocycles. The molecule has 7 nitrogen and oxygen atoms in total. The van der Waals surface area contributed by atoms with Crippen LogP contribution in [0.3, 0.4) is 0 Å². The summed E-state index contributed by atoms with van der Waals surface area (Å²) in [7, 11) is 0. The molecule has 28 heavy (non-hydrogen) atoms. The first kappa shape index (κ1) is 20.5. The summed E-state index contributed by atoms with van der Waals surface area (Å²) in [4.78, 5) is 35.2. The summed E-state index contributed by atoms with van der Waals surface area (Å²) >= 11 is 6.65. The van der Waals surface area contributed by atoms with Crippen molar-refractivity contribution in [2.45, 2.75) is 32.6 Å². The fourth-order valence-electron chi connectivity index (χ4n) is 3.09. The Kier molecular flexibility index (Phi) is 6.79. The summed E-state index contributed by atoms with van der Waals surface area (Å²) in [6, 6.07) is 3.67. The van der Waals surface area contributed by atoms with Crippen LogP contribution < -0.4 is 5.32 Å². The number of hydrogen-bond donors (Lipinski definition) is 1. The molecular formula is C19H22N4O3S2. The summed E-state index contributed by atoms with van der Waals surface area (Å²) in [5.74, 6) is 0.861. The number of furan rings is 1. The molecule has 1 amide bonds. The molecule has 0 unspecified atom stereocenters. The number of carbonyl (C=O) groups is 2. The first-order valence-electron chi connectivity index (χ1n) is 9.15. The Bertz CT molecular complexity index is 866.